The number of nitrogens with zero attached hydrogens (tertiary/aromatic N) is 3. The third kappa shape index (κ3) is 1.41. The van der Waals surface area contributed by atoms with Crippen molar-refractivity contribution in [3.63, 3.8) is 0 Å². The van der Waals surface area contributed by atoms with E-state index in [1.807, 2.05) is 13.8 Å². The zero-order chi connectivity index (χ0) is 6.91. The van der Waals surface area contributed by atoms with Crippen LogP contribution >= 0.6 is 12.6 Å². The first-order valence-corrected chi connectivity index (χ1v) is 3.02. The Kier molecular flexibility index (Phi) is 1.44. The van der Waals surface area contributed by atoms with Crippen molar-refractivity contribution in [2.24, 2.45) is 0 Å². The van der Waals surface area contributed by atoms with E-state index in [4.69, 9.17) is 0 Å². The zero-order valence-electron chi connectivity index (χ0n) is 5.29. The summed E-state index contributed by atoms with van der Waals surface area (Å²) in [5, 5.41) is 13.2. The van der Waals surface area contributed by atoms with Gasteiger partial charge in [0.05, 0.1) is 4.75 Å². The smallest absolute Gasteiger partial charge is 0.163 e. The molecule has 0 spiro atoms. The summed E-state index contributed by atoms with van der Waals surface area (Å²) < 4.78 is -0.274. The van der Waals surface area contributed by atoms with Gasteiger partial charge in [0.15, 0.2) is 5.82 Å². The molecule has 4 nitrogen and oxygen atoms in total. The molecule has 0 aromatic carbocycles. The zero-order valence-corrected chi connectivity index (χ0v) is 6.18. The molecular formula is C4H8N4S. The van der Waals surface area contributed by atoms with E-state index in [1.165, 1.54) is 0 Å². The fourth-order valence-corrected chi connectivity index (χ4v) is 0.513. The van der Waals surface area contributed by atoms with Gasteiger partial charge in [-0.1, -0.05) is 0 Å². The Morgan fingerprint density at radius 1 is 1.56 bits per heavy atom. The number of aromatic amines is 1. The highest BCUT2D eigenvalue weighted by atomic mass is 32.1. The molecule has 0 aliphatic heterocycles. The fourth-order valence-electron chi connectivity index (χ4n) is 0.418. The molecule has 0 aliphatic rings. The lowest BCUT2D eigenvalue weighted by molar-refractivity contribution is 0.717. The van der Waals surface area contributed by atoms with Crippen LogP contribution in [0.4, 0.5) is 0 Å². The van der Waals surface area contributed by atoms with Gasteiger partial charge in [0, 0.05) is 0 Å². The van der Waals surface area contributed by atoms with E-state index in [2.05, 4.69) is 33.3 Å². The summed E-state index contributed by atoms with van der Waals surface area (Å²) in [5.41, 5.74) is 0. The monoisotopic (exact) mass is 144 g/mol. The molecule has 50 valence electrons. The third-order valence-electron chi connectivity index (χ3n) is 0.925. The molecule has 0 aliphatic carbocycles. The summed E-state index contributed by atoms with van der Waals surface area (Å²) in [5.74, 6) is 0.686. The van der Waals surface area contributed by atoms with Crippen LogP contribution in [0.1, 0.15) is 19.7 Å². The minimum Gasteiger partial charge on any atom is -0.242 e. The Labute approximate surface area is 58.5 Å². The van der Waals surface area contributed by atoms with Crippen LogP contribution in [-0.4, -0.2) is 20.6 Å². The Balaban J connectivity index is 2.90. The lowest BCUT2D eigenvalue weighted by atomic mass is 10.2. The second kappa shape index (κ2) is 1.98. The average molecular weight is 144 g/mol. The summed E-state index contributed by atoms with van der Waals surface area (Å²) >= 11 is 4.24. The van der Waals surface area contributed by atoms with Crippen LogP contribution in [0.2, 0.25) is 0 Å². The van der Waals surface area contributed by atoms with Crippen LogP contribution in [0.15, 0.2) is 0 Å². The molecule has 9 heavy (non-hydrogen) atoms. The molecular weight excluding hydrogens is 136 g/mol. The maximum Gasteiger partial charge on any atom is 0.163 e. The Morgan fingerprint density at radius 3 is 2.44 bits per heavy atom. The van der Waals surface area contributed by atoms with E-state index in [1.54, 1.807) is 0 Å². The molecule has 1 N–H and O–H groups in total. The molecule has 1 heterocycles. The van der Waals surface area contributed by atoms with E-state index < -0.39 is 0 Å². The maximum atomic E-state index is 4.24. The van der Waals surface area contributed by atoms with Gasteiger partial charge in [-0.3, -0.25) is 0 Å². The first-order chi connectivity index (χ1) is 4.11. The highest BCUT2D eigenvalue weighted by Gasteiger charge is 2.18. The van der Waals surface area contributed by atoms with Gasteiger partial charge in [-0.15, -0.1) is 5.10 Å². The minimum absolute atomic E-state index is 0.274. The first-order valence-electron chi connectivity index (χ1n) is 2.57. The summed E-state index contributed by atoms with van der Waals surface area (Å²) in [6.07, 6.45) is 0. The molecule has 1 rings (SSSR count). The number of rotatable bonds is 1. The molecule has 5 heteroatoms. The molecule has 0 fully saturated rings. The number of hydrogen-bond acceptors (Lipinski definition) is 4. The summed E-state index contributed by atoms with van der Waals surface area (Å²) in [6.45, 7) is 3.83. The predicted molar refractivity (Wildman–Crippen MR) is 36.2 cm³/mol. The van der Waals surface area contributed by atoms with E-state index in [9.17, 15) is 0 Å². The maximum absolute atomic E-state index is 4.24. The van der Waals surface area contributed by atoms with Crippen LogP contribution in [0.25, 0.3) is 0 Å². The van der Waals surface area contributed by atoms with Crippen molar-refractivity contribution >= 4 is 12.6 Å². The normalized spacial score (nSPS) is 11.9. The van der Waals surface area contributed by atoms with Crippen LogP contribution in [0.3, 0.4) is 0 Å². The highest BCUT2D eigenvalue weighted by Crippen LogP contribution is 2.21. The van der Waals surface area contributed by atoms with Crippen molar-refractivity contribution in [2.45, 2.75) is 18.6 Å². The van der Waals surface area contributed by atoms with E-state index in [-0.39, 0.29) is 4.75 Å². The number of nitrogens with one attached hydrogen (secondary N) is 1. The molecule has 0 unspecified atom stereocenters. The van der Waals surface area contributed by atoms with Crippen molar-refractivity contribution in [3.8, 4) is 0 Å². The Hall–Kier alpha value is -0.580. The van der Waals surface area contributed by atoms with Gasteiger partial charge in [-0.25, -0.2) is 5.10 Å². The van der Waals surface area contributed by atoms with Crippen molar-refractivity contribution in [1.29, 1.82) is 0 Å². The largest absolute Gasteiger partial charge is 0.242 e. The lowest BCUT2D eigenvalue weighted by Crippen LogP contribution is -2.09. The molecule has 0 atom stereocenters. The number of H-pyrrole nitrogens is 1. The predicted octanol–water partition coefficient (Wildman–Crippen LogP) is 0.365. The van der Waals surface area contributed by atoms with Gasteiger partial charge < -0.3 is 0 Å². The molecule has 0 amide bonds. The number of hydrogen-bond donors (Lipinski definition) is 2. The van der Waals surface area contributed by atoms with Gasteiger partial charge >= 0.3 is 0 Å². The first kappa shape index (κ1) is 6.54. The van der Waals surface area contributed by atoms with E-state index >= 15 is 0 Å². The van der Waals surface area contributed by atoms with Crippen molar-refractivity contribution in [1.82, 2.24) is 20.6 Å². The average Bonchev–Trinajstić information content (AvgIpc) is 2.08. The highest BCUT2D eigenvalue weighted by molar-refractivity contribution is 7.81. The lowest BCUT2D eigenvalue weighted by Gasteiger charge is -2.10. The quantitative estimate of drug-likeness (QED) is 0.560. The van der Waals surface area contributed by atoms with Crippen LogP contribution < -0.4 is 0 Å². The SMILES string of the molecule is CC(C)(S)c1nnn[nH]1. The van der Waals surface area contributed by atoms with Crippen molar-refractivity contribution in [2.75, 3.05) is 0 Å². The molecule has 0 saturated carbocycles. The van der Waals surface area contributed by atoms with E-state index in [0.717, 1.165) is 0 Å². The summed E-state index contributed by atoms with van der Waals surface area (Å²) in [6, 6.07) is 0. The summed E-state index contributed by atoms with van der Waals surface area (Å²) in [4.78, 5) is 0. The second-order valence-electron chi connectivity index (χ2n) is 2.31. The number of tetrazole rings is 1. The van der Waals surface area contributed by atoms with Gasteiger partial charge in [-0.05, 0) is 24.3 Å². The van der Waals surface area contributed by atoms with Crippen LogP contribution in [-0.2, 0) is 4.75 Å². The third-order valence-corrected chi connectivity index (χ3v) is 1.14. The summed E-state index contributed by atoms with van der Waals surface area (Å²) in [7, 11) is 0. The fraction of sp³-hybridized carbons (Fsp3) is 0.750. The van der Waals surface area contributed by atoms with Gasteiger partial charge in [0.1, 0.15) is 0 Å². The molecule has 0 bridgehead atoms. The molecule has 1 aromatic rings. The topological polar surface area (TPSA) is 54.5 Å². The molecule has 0 saturated heterocycles. The standard InChI is InChI=1S/C4H8N4S/c1-4(2,9)3-5-7-8-6-3/h9H,1-2H3,(H,5,6,7,8). The van der Waals surface area contributed by atoms with E-state index in [0.29, 0.717) is 5.82 Å². The second-order valence-corrected chi connectivity index (χ2v) is 3.43. The van der Waals surface area contributed by atoms with Crippen LogP contribution in [0, 0.1) is 0 Å². The number of aromatic nitrogens is 4. The Morgan fingerprint density at radius 2 is 2.22 bits per heavy atom. The van der Waals surface area contributed by atoms with Gasteiger partial charge in [-0.2, -0.15) is 12.6 Å². The van der Waals surface area contributed by atoms with Gasteiger partial charge in [0.25, 0.3) is 0 Å². The molecule has 0 radical (unpaired) electrons. The van der Waals surface area contributed by atoms with Crippen molar-refractivity contribution in [3.05, 3.63) is 5.82 Å². The van der Waals surface area contributed by atoms with Crippen LogP contribution in [0.5, 0.6) is 0 Å². The van der Waals surface area contributed by atoms with Gasteiger partial charge in [0.2, 0.25) is 0 Å². The Bertz CT molecular complexity index is 175. The van der Waals surface area contributed by atoms with Crippen molar-refractivity contribution < 1.29 is 0 Å². The minimum atomic E-state index is -0.274. The molecule has 1 aromatic heterocycles. The number of thiol groups is 1.